The maximum Gasteiger partial charge on any atom is 0.302 e. The Morgan fingerprint density at radius 2 is 1.81 bits per heavy atom. The van der Waals surface area contributed by atoms with E-state index in [4.69, 9.17) is 4.74 Å². The molecule has 0 bridgehead atoms. The van der Waals surface area contributed by atoms with Crippen molar-refractivity contribution < 1.29 is 9.53 Å². The van der Waals surface area contributed by atoms with Gasteiger partial charge in [-0.05, 0) is 98.2 Å². The van der Waals surface area contributed by atoms with Gasteiger partial charge in [-0.1, -0.05) is 65.0 Å². The number of esters is 1. The number of hydrogen-bond donors (Lipinski definition) is 0. The standard InChI is InChI=1S/C29H48O2/c1-19(2)8-7-9-20(3)25-12-13-26-24-11-10-22-18-23(31-21(4)30)14-16-28(22,5)27(24)15-17-29(25,26)6/h19-20,22-23,25,27H,7-18H2,1-6H3. The van der Waals surface area contributed by atoms with Crippen molar-refractivity contribution in [2.45, 2.75) is 125 Å². The van der Waals surface area contributed by atoms with E-state index >= 15 is 0 Å². The van der Waals surface area contributed by atoms with E-state index in [-0.39, 0.29) is 12.1 Å². The highest BCUT2D eigenvalue weighted by Gasteiger charge is 2.55. The molecule has 0 aliphatic heterocycles. The van der Waals surface area contributed by atoms with Crippen LogP contribution in [0.1, 0.15) is 119 Å². The largest absolute Gasteiger partial charge is 0.463 e. The Morgan fingerprint density at radius 1 is 1.03 bits per heavy atom. The third-order valence-corrected chi connectivity index (χ3v) is 10.5. The minimum atomic E-state index is -0.0971. The Bertz CT molecular complexity index is 706. The third-order valence-electron chi connectivity index (χ3n) is 10.5. The summed E-state index contributed by atoms with van der Waals surface area (Å²) in [6.45, 7) is 14.1. The van der Waals surface area contributed by atoms with E-state index in [2.05, 4.69) is 34.6 Å². The Balaban J connectivity index is 1.50. The highest BCUT2D eigenvalue weighted by Crippen LogP contribution is 2.66. The summed E-state index contributed by atoms with van der Waals surface area (Å²) in [5.41, 5.74) is 4.71. The molecular formula is C29H48O2. The quantitative estimate of drug-likeness (QED) is 0.315. The normalized spacial score (nSPS) is 40.9. The molecule has 4 aliphatic rings. The second-order valence-electron chi connectivity index (χ2n) is 12.7. The zero-order valence-electron chi connectivity index (χ0n) is 21.3. The van der Waals surface area contributed by atoms with E-state index in [1.807, 2.05) is 11.1 Å². The molecule has 31 heavy (non-hydrogen) atoms. The summed E-state index contributed by atoms with van der Waals surface area (Å²) in [6, 6.07) is 0. The van der Waals surface area contributed by atoms with Gasteiger partial charge in [-0.3, -0.25) is 4.79 Å². The van der Waals surface area contributed by atoms with E-state index < -0.39 is 0 Å². The van der Waals surface area contributed by atoms with E-state index in [9.17, 15) is 4.79 Å². The smallest absolute Gasteiger partial charge is 0.302 e. The van der Waals surface area contributed by atoms with Crippen molar-refractivity contribution in [3.63, 3.8) is 0 Å². The van der Waals surface area contributed by atoms with Gasteiger partial charge in [0, 0.05) is 6.92 Å². The fourth-order valence-corrected chi connectivity index (χ4v) is 8.79. The molecule has 3 fully saturated rings. The topological polar surface area (TPSA) is 26.3 Å². The van der Waals surface area contributed by atoms with Crippen molar-refractivity contribution in [1.82, 2.24) is 0 Å². The number of rotatable bonds is 6. The van der Waals surface area contributed by atoms with Crippen LogP contribution in [0.5, 0.6) is 0 Å². The zero-order valence-corrected chi connectivity index (χ0v) is 21.3. The van der Waals surface area contributed by atoms with Crippen LogP contribution in [-0.2, 0) is 9.53 Å². The molecule has 0 aromatic heterocycles. The molecule has 176 valence electrons. The highest BCUT2D eigenvalue weighted by atomic mass is 16.5. The van der Waals surface area contributed by atoms with Gasteiger partial charge in [0.15, 0.2) is 0 Å². The lowest BCUT2D eigenvalue weighted by atomic mass is 9.49. The van der Waals surface area contributed by atoms with Gasteiger partial charge in [-0.15, -0.1) is 0 Å². The fourth-order valence-electron chi connectivity index (χ4n) is 8.79. The second kappa shape index (κ2) is 8.86. The van der Waals surface area contributed by atoms with Crippen molar-refractivity contribution in [1.29, 1.82) is 0 Å². The lowest BCUT2D eigenvalue weighted by Gasteiger charge is -2.57. The minimum absolute atomic E-state index is 0.0971. The summed E-state index contributed by atoms with van der Waals surface area (Å²) in [5.74, 6) is 4.03. The fraction of sp³-hybridized carbons (Fsp3) is 0.897. The number of carbonyl (C=O) groups excluding carboxylic acids is 1. The van der Waals surface area contributed by atoms with Gasteiger partial charge in [-0.25, -0.2) is 0 Å². The summed E-state index contributed by atoms with van der Waals surface area (Å²) in [4.78, 5) is 11.5. The lowest BCUT2D eigenvalue weighted by Crippen LogP contribution is -2.48. The van der Waals surface area contributed by atoms with Crippen molar-refractivity contribution in [3.8, 4) is 0 Å². The first-order valence-corrected chi connectivity index (χ1v) is 13.5. The van der Waals surface area contributed by atoms with E-state index in [0.29, 0.717) is 10.8 Å². The predicted molar refractivity (Wildman–Crippen MR) is 129 cm³/mol. The van der Waals surface area contributed by atoms with Gasteiger partial charge < -0.3 is 4.74 Å². The van der Waals surface area contributed by atoms with Crippen molar-refractivity contribution in [2.75, 3.05) is 0 Å². The summed E-state index contributed by atoms with van der Waals surface area (Å²) >= 11 is 0. The molecule has 0 aromatic rings. The van der Waals surface area contributed by atoms with Gasteiger partial charge >= 0.3 is 5.97 Å². The third kappa shape index (κ3) is 4.26. The molecule has 3 saturated carbocycles. The zero-order chi connectivity index (χ0) is 22.4. The number of ether oxygens (including phenoxy) is 1. The number of carbonyl (C=O) groups is 1. The number of hydrogen-bond acceptors (Lipinski definition) is 2. The lowest BCUT2D eigenvalue weighted by molar-refractivity contribution is -0.152. The molecule has 0 spiro atoms. The van der Waals surface area contributed by atoms with Gasteiger partial charge in [0.05, 0.1) is 0 Å². The van der Waals surface area contributed by atoms with Crippen LogP contribution in [0.25, 0.3) is 0 Å². The Hall–Kier alpha value is -0.790. The van der Waals surface area contributed by atoms with Crippen LogP contribution >= 0.6 is 0 Å². The Morgan fingerprint density at radius 3 is 2.52 bits per heavy atom. The molecule has 0 heterocycles. The van der Waals surface area contributed by atoms with Crippen LogP contribution in [-0.4, -0.2) is 12.1 Å². The molecule has 7 unspecified atom stereocenters. The summed E-state index contributed by atoms with van der Waals surface area (Å²) < 4.78 is 5.64. The molecule has 0 N–H and O–H groups in total. The Kier molecular flexibility index (Phi) is 6.68. The number of allylic oxidation sites excluding steroid dienone is 2. The van der Waals surface area contributed by atoms with Crippen molar-refractivity contribution in [3.05, 3.63) is 11.1 Å². The molecule has 2 heteroatoms. The molecule has 0 radical (unpaired) electrons. The highest BCUT2D eigenvalue weighted by molar-refractivity contribution is 5.66. The Labute approximate surface area is 192 Å². The van der Waals surface area contributed by atoms with E-state index in [0.717, 1.165) is 42.4 Å². The van der Waals surface area contributed by atoms with E-state index in [1.54, 1.807) is 6.92 Å². The molecule has 2 nitrogen and oxygen atoms in total. The van der Waals surface area contributed by atoms with Crippen molar-refractivity contribution in [2.24, 2.45) is 40.4 Å². The van der Waals surface area contributed by atoms with Gasteiger partial charge in [0.2, 0.25) is 0 Å². The van der Waals surface area contributed by atoms with Gasteiger partial charge in [0.1, 0.15) is 6.10 Å². The minimum Gasteiger partial charge on any atom is -0.463 e. The SMILES string of the molecule is CC(=O)OC1CCC2(C)C(CCC3=C4CCC(C(C)CCCC(C)C)C4(C)CCC32)C1. The number of fused-ring (bicyclic) bond motifs is 4. The molecular weight excluding hydrogens is 380 g/mol. The molecule has 0 aromatic carbocycles. The molecule has 4 aliphatic carbocycles. The van der Waals surface area contributed by atoms with Crippen molar-refractivity contribution >= 4 is 5.97 Å². The summed E-state index contributed by atoms with van der Waals surface area (Å²) in [7, 11) is 0. The molecule has 0 amide bonds. The van der Waals surface area contributed by atoms with Gasteiger partial charge in [0.25, 0.3) is 0 Å². The first-order chi connectivity index (χ1) is 14.6. The maximum absolute atomic E-state index is 11.5. The predicted octanol–water partition coefficient (Wildman–Crippen LogP) is 8.10. The summed E-state index contributed by atoms with van der Waals surface area (Å²) in [5, 5.41) is 0. The van der Waals surface area contributed by atoms with E-state index in [1.165, 1.54) is 64.2 Å². The van der Waals surface area contributed by atoms with Gasteiger partial charge in [-0.2, -0.15) is 0 Å². The van der Waals surface area contributed by atoms with Crippen LogP contribution < -0.4 is 0 Å². The molecule has 0 saturated heterocycles. The monoisotopic (exact) mass is 428 g/mol. The maximum atomic E-state index is 11.5. The summed E-state index contributed by atoms with van der Waals surface area (Å²) in [6.07, 6.45) is 16.0. The molecule has 7 atom stereocenters. The second-order valence-corrected chi connectivity index (χ2v) is 12.7. The van der Waals surface area contributed by atoms with Crippen LogP contribution in [0.4, 0.5) is 0 Å². The first kappa shape index (κ1) is 23.4. The van der Waals surface area contributed by atoms with Crippen LogP contribution in [0.2, 0.25) is 0 Å². The first-order valence-electron chi connectivity index (χ1n) is 13.5. The van der Waals surface area contributed by atoms with Crippen LogP contribution in [0.15, 0.2) is 11.1 Å². The van der Waals surface area contributed by atoms with Crippen LogP contribution in [0, 0.1) is 40.4 Å². The van der Waals surface area contributed by atoms with Crippen LogP contribution in [0.3, 0.4) is 0 Å². The average Bonchev–Trinajstić information content (AvgIpc) is 3.05. The average molecular weight is 429 g/mol. The molecule has 4 rings (SSSR count).